The van der Waals surface area contributed by atoms with Crippen LogP contribution in [0.2, 0.25) is 0 Å². The normalized spacial score (nSPS) is 15.3. The fourth-order valence-electron chi connectivity index (χ4n) is 3.18. The van der Waals surface area contributed by atoms with Crippen LogP contribution in [0.3, 0.4) is 0 Å². The van der Waals surface area contributed by atoms with Crippen LogP contribution in [0.25, 0.3) is 0 Å². The third kappa shape index (κ3) is 4.07. The number of benzene rings is 2. The molecule has 2 aromatic rings. The standard InChI is InChI=1S/C20H25N3O/c1-20(2)15-23(18-11-7-6-10-17(18)22-20)14-19(24)21-13-12-16-8-4-3-5-9-16/h3-11,22H,12-15H2,1-2H3,(H,21,24). The molecule has 4 heteroatoms. The molecule has 3 rings (SSSR count). The van der Waals surface area contributed by atoms with E-state index in [1.54, 1.807) is 0 Å². The van der Waals surface area contributed by atoms with Gasteiger partial charge in [0.1, 0.15) is 0 Å². The van der Waals surface area contributed by atoms with Gasteiger partial charge in [0.2, 0.25) is 5.91 Å². The lowest BCUT2D eigenvalue weighted by atomic mass is 9.99. The highest BCUT2D eigenvalue weighted by molar-refractivity contribution is 5.84. The highest BCUT2D eigenvalue weighted by Crippen LogP contribution is 2.33. The van der Waals surface area contributed by atoms with E-state index in [1.165, 1.54) is 5.56 Å². The van der Waals surface area contributed by atoms with E-state index >= 15 is 0 Å². The average molecular weight is 323 g/mol. The number of amides is 1. The monoisotopic (exact) mass is 323 g/mol. The molecule has 1 aliphatic rings. The summed E-state index contributed by atoms with van der Waals surface area (Å²) in [6.45, 7) is 6.17. The smallest absolute Gasteiger partial charge is 0.239 e. The number of nitrogens with zero attached hydrogens (tertiary/aromatic N) is 1. The molecule has 0 saturated carbocycles. The topological polar surface area (TPSA) is 44.4 Å². The minimum atomic E-state index is -0.0569. The fraction of sp³-hybridized carbons (Fsp3) is 0.350. The summed E-state index contributed by atoms with van der Waals surface area (Å²) in [5.41, 5.74) is 3.37. The van der Waals surface area contributed by atoms with Crippen LogP contribution in [0.15, 0.2) is 54.6 Å². The fourth-order valence-corrected chi connectivity index (χ4v) is 3.18. The van der Waals surface area contributed by atoms with Crippen LogP contribution in [0.1, 0.15) is 19.4 Å². The molecule has 2 aromatic carbocycles. The van der Waals surface area contributed by atoms with Gasteiger partial charge in [-0.05, 0) is 38.0 Å². The number of fused-ring (bicyclic) bond motifs is 1. The summed E-state index contributed by atoms with van der Waals surface area (Å²) < 4.78 is 0. The number of hydrogen-bond acceptors (Lipinski definition) is 3. The third-order valence-electron chi connectivity index (χ3n) is 4.22. The Morgan fingerprint density at radius 2 is 1.83 bits per heavy atom. The Bertz CT molecular complexity index is 697. The predicted octanol–water partition coefficient (Wildman–Crippen LogP) is 3.06. The number of nitrogens with one attached hydrogen (secondary N) is 2. The quantitative estimate of drug-likeness (QED) is 0.889. The minimum absolute atomic E-state index is 0.0569. The molecule has 0 aliphatic carbocycles. The lowest BCUT2D eigenvalue weighted by Crippen LogP contribution is -2.51. The summed E-state index contributed by atoms with van der Waals surface area (Å²) in [5, 5.41) is 6.57. The predicted molar refractivity (Wildman–Crippen MR) is 99.5 cm³/mol. The van der Waals surface area contributed by atoms with Crippen LogP contribution in [0, 0.1) is 0 Å². The van der Waals surface area contributed by atoms with E-state index in [9.17, 15) is 4.79 Å². The van der Waals surface area contributed by atoms with Gasteiger partial charge in [-0.1, -0.05) is 42.5 Å². The van der Waals surface area contributed by atoms with Gasteiger partial charge < -0.3 is 15.5 Å². The second kappa shape index (κ2) is 6.95. The summed E-state index contributed by atoms with van der Waals surface area (Å²) in [4.78, 5) is 14.5. The molecule has 0 radical (unpaired) electrons. The maximum absolute atomic E-state index is 12.3. The van der Waals surface area contributed by atoms with E-state index in [2.05, 4.69) is 53.6 Å². The molecule has 24 heavy (non-hydrogen) atoms. The van der Waals surface area contributed by atoms with Gasteiger partial charge in [-0.25, -0.2) is 0 Å². The van der Waals surface area contributed by atoms with Crippen molar-refractivity contribution in [3.05, 3.63) is 60.2 Å². The zero-order valence-corrected chi connectivity index (χ0v) is 14.4. The Labute approximate surface area is 143 Å². The van der Waals surface area contributed by atoms with Gasteiger partial charge in [-0.3, -0.25) is 4.79 Å². The molecule has 126 valence electrons. The van der Waals surface area contributed by atoms with Crippen LogP contribution in [0.4, 0.5) is 11.4 Å². The third-order valence-corrected chi connectivity index (χ3v) is 4.22. The van der Waals surface area contributed by atoms with Gasteiger partial charge in [-0.2, -0.15) is 0 Å². The lowest BCUT2D eigenvalue weighted by Gasteiger charge is -2.41. The molecule has 2 N–H and O–H groups in total. The summed E-state index contributed by atoms with van der Waals surface area (Å²) in [6.07, 6.45) is 0.857. The van der Waals surface area contributed by atoms with Gasteiger partial charge in [0.05, 0.1) is 17.9 Å². The first-order valence-electron chi connectivity index (χ1n) is 8.46. The van der Waals surface area contributed by atoms with E-state index < -0.39 is 0 Å². The van der Waals surface area contributed by atoms with E-state index in [0.29, 0.717) is 13.1 Å². The molecule has 1 heterocycles. The molecule has 1 aliphatic heterocycles. The summed E-state index contributed by atoms with van der Waals surface area (Å²) in [6, 6.07) is 18.4. The van der Waals surface area contributed by atoms with Crippen molar-refractivity contribution >= 4 is 17.3 Å². The number of carbonyl (C=O) groups excluding carboxylic acids is 1. The second-order valence-corrected chi connectivity index (χ2v) is 6.97. The summed E-state index contributed by atoms with van der Waals surface area (Å²) in [5.74, 6) is 0.0680. The van der Waals surface area contributed by atoms with Crippen molar-refractivity contribution in [2.24, 2.45) is 0 Å². The van der Waals surface area contributed by atoms with Crippen molar-refractivity contribution in [2.45, 2.75) is 25.8 Å². The zero-order valence-electron chi connectivity index (χ0n) is 14.4. The van der Waals surface area contributed by atoms with Crippen LogP contribution in [-0.4, -0.2) is 31.1 Å². The van der Waals surface area contributed by atoms with Gasteiger partial charge >= 0.3 is 0 Å². The highest BCUT2D eigenvalue weighted by atomic mass is 16.2. The molecule has 0 saturated heterocycles. The minimum Gasteiger partial charge on any atom is -0.377 e. The Kier molecular flexibility index (Phi) is 4.74. The molecule has 4 nitrogen and oxygen atoms in total. The molecule has 1 amide bonds. The number of hydrogen-bond donors (Lipinski definition) is 2. The zero-order chi connectivity index (χ0) is 17.0. The highest BCUT2D eigenvalue weighted by Gasteiger charge is 2.29. The van der Waals surface area contributed by atoms with Crippen molar-refractivity contribution < 1.29 is 4.79 Å². The van der Waals surface area contributed by atoms with Gasteiger partial charge in [-0.15, -0.1) is 0 Å². The Balaban J connectivity index is 1.58. The number of anilines is 2. The molecule has 0 atom stereocenters. The van der Waals surface area contributed by atoms with E-state index in [4.69, 9.17) is 0 Å². The van der Waals surface area contributed by atoms with Crippen LogP contribution in [-0.2, 0) is 11.2 Å². The van der Waals surface area contributed by atoms with Crippen LogP contribution in [0.5, 0.6) is 0 Å². The molecule has 0 aromatic heterocycles. The molecule has 0 spiro atoms. The van der Waals surface area contributed by atoms with Crippen molar-refractivity contribution in [1.29, 1.82) is 0 Å². The maximum atomic E-state index is 12.3. The van der Waals surface area contributed by atoms with Crippen LogP contribution < -0.4 is 15.5 Å². The van der Waals surface area contributed by atoms with Gasteiger partial charge in [0.25, 0.3) is 0 Å². The molecular formula is C20H25N3O. The largest absolute Gasteiger partial charge is 0.377 e. The maximum Gasteiger partial charge on any atom is 0.239 e. The second-order valence-electron chi connectivity index (χ2n) is 6.97. The first-order valence-corrected chi connectivity index (χ1v) is 8.46. The van der Waals surface area contributed by atoms with Crippen molar-refractivity contribution in [3.63, 3.8) is 0 Å². The summed E-state index contributed by atoms with van der Waals surface area (Å²) in [7, 11) is 0. The van der Waals surface area contributed by atoms with Crippen molar-refractivity contribution in [1.82, 2.24) is 5.32 Å². The summed E-state index contributed by atoms with van der Waals surface area (Å²) >= 11 is 0. The Morgan fingerprint density at radius 3 is 2.62 bits per heavy atom. The lowest BCUT2D eigenvalue weighted by molar-refractivity contribution is -0.119. The van der Waals surface area contributed by atoms with Crippen LogP contribution >= 0.6 is 0 Å². The number of carbonyl (C=O) groups is 1. The first-order chi connectivity index (χ1) is 11.5. The average Bonchev–Trinajstić information content (AvgIpc) is 2.55. The van der Waals surface area contributed by atoms with Crippen molar-refractivity contribution in [2.75, 3.05) is 29.9 Å². The molecule has 0 fully saturated rings. The SMILES string of the molecule is CC1(C)CN(CC(=O)NCCc2ccccc2)c2ccccc2N1. The first kappa shape index (κ1) is 16.4. The van der Waals surface area contributed by atoms with E-state index in [-0.39, 0.29) is 11.4 Å². The van der Waals surface area contributed by atoms with E-state index in [0.717, 1.165) is 24.3 Å². The Morgan fingerprint density at radius 1 is 1.12 bits per heavy atom. The molecule has 0 unspecified atom stereocenters. The molecular weight excluding hydrogens is 298 g/mol. The van der Waals surface area contributed by atoms with Crippen molar-refractivity contribution in [3.8, 4) is 0 Å². The number of para-hydroxylation sites is 2. The number of rotatable bonds is 5. The van der Waals surface area contributed by atoms with Gasteiger partial charge in [0.15, 0.2) is 0 Å². The van der Waals surface area contributed by atoms with Gasteiger partial charge in [0, 0.05) is 18.6 Å². The van der Waals surface area contributed by atoms with E-state index in [1.807, 2.05) is 30.3 Å². The Hall–Kier alpha value is -2.49. The molecule has 0 bridgehead atoms.